The van der Waals surface area contributed by atoms with E-state index in [9.17, 15) is 31.2 Å². The molecule has 230 valence electrons. The van der Waals surface area contributed by atoms with Gasteiger partial charge in [-0.2, -0.15) is 13.2 Å². The van der Waals surface area contributed by atoms with Crippen molar-refractivity contribution >= 4 is 55.1 Å². The van der Waals surface area contributed by atoms with Crippen LogP contribution < -0.4 is 9.62 Å². The molecule has 3 aromatic rings. The fourth-order valence-electron chi connectivity index (χ4n) is 4.92. The third-order valence-corrected chi connectivity index (χ3v) is 9.85. The Bertz CT molecular complexity index is 1570. The van der Waals surface area contributed by atoms with Crippen LogP contribution in [0.25, 0.3) is 0 Å². The molecule has 1 saturated carbocycles. The minimum absolute atomic E-state index is 0.0309. The summed E-state index contributed by atoms with van der Waals surface area (Å²) in [5.41, 5.74) is -1.00. The average Bonchev–Trinajstić information content (AvgIpc) is 3.47. The van der Waals surface area contributed by atoms with Crippen LogP contribution in [-0.4, -0.2) is 43.8 Å². The van der Waals surface area contributed by atoms with Gasteiger partial charge in [-0.25, -0.2) is 8.42 Å². The second-order valence-electron chi connectivity index (χ2n) is 10.3. The van der Waals surface area contributed by atoms with E-state index in [0.717, 1.165) is 42.3 Å². The Hall–Kier alpha value is -3.09. The third kappa shape index (κ3) is 8.10. The Kier molecular flexibility index (Phi) is 10.4. The van der Waals surface area contributed by atoms with Crippen molar-refractivity contribution in [2.24, 2.45) is 0 Å². The maximum absolute atomic E-state index is 14.0. The number of nitrogens with one attached hydrogen (secondary N) is 1. The minimum Gasteiger partial charge on any atom is -0.352 e. The van der Waals surface area contributed by atoms with Crippen molar-refractivity contribution in [3.8, 4) is 0 Å². The maximum atomic E-state index is 14.0. The molecule has 3 aromatic carbocycles. The van der Waals surface area contributed by atoms with Gasteiger partial charge >= 0.3 is 6.18 Å². The standard InChI is InChI=1S/C30H30BrClF3N3O4S/c1-20(29(40)36-24-10-5-6-11-24)37(18-21-8-7-9-23(31)16-21)28(39)19-38(43(41,42)25-12-3-2-4-13-25)27-17-22(30(33,34)35)14-15-26(27)32/h2-4,7-9,12-17,20,24H,5-6,10-11,18-19H2,1H3,(H,36,40). The Labute approximate surface area is 262 Å². The number of sulfonamides is 1. The molecule has 1 atom stereocenters. The third-order valence-electron chi connectivity index (χ3n) is 7.26. The summed E-state index contributed by atoms with van der Waals surface area (Å²) in [5, 5.41) is 2.67. The predicted octanol–water partition coefficient (Wildman–Crippen LogP) is 6.79. The van der Waals surface area contributed by atoms with Crippen LogP contribution in [0.4, 0.5) is 18.9 Å². The van der Waals surface area contributed by atoms with E-state index in [-0.39, 0.29) is 22.5 Å². The zero-order valence-corrected chi connectivity index (χ0v) is 26.3. The lowest BCUT2D eigenvalue weighted by atomic mass is 10.1. The summed E-state index contributed by atoms with van der Waals surface area (Å²) in [6.45, 7) is 0.563. The molecule has 0 aromatic heterocycles. The van der Waals surface area contributed by atoms with E-state index in [1.807, 2.05) is 0 Å². The van der Waals surface area contributed by atoms with Crippen LogP contribution in [0.15, 0.2) is 82.2 Å². The molecule has 0 heterocycles. The highest BCUT2D eigenvalue weighted by molar-refractivity contribution is 9.10. The summed E-state index contributed by atoms with van der Waals surface area (Å²) >= 11 is 9.68. The molecule has 1 aliphatic rings. The number of carbonyl (C=O) groups excluding carboxylic acids is 2. The van der Waals surface area contributed by atoms with Crippen LogP contribution in [0.2, 0.25) is 5.02 Å². The van der Waals surface area contributed by atoms with Gasteiger partial charge in [-0.05, 0) is 67.8 Å². The van der Waals surface area contributed by atoms with E-state index >= 15 is 0 Å². The lowest BCUT2D eigenvalue weighted by Gasteiger charge is -2.33. The van der Waals surface area contributed by atoms with Gasteiger partial charge in [0.2, 0.25) is 11.8 Å². The normalized spacial score (nSPS) is 14.7. The van der Waals surface area contributed by atoms with Gasteiger partial charge in [0.25, 0.3) is 10.0 Å². The van der Waals surface area contributed by atoms with Crippen molar-refractivity contribution in [3.05, 3.63) is 93.4 Å². The summed E-state index contributed by atoms with van der Waals surface area (Å²) in [5.74, 6) is -1.22. The van der Waals surface area contributed by atoms with Gasteiger partial charge < -0.3 is 10.2 Å². The number of hydrogen-bond donors (Lipinski definition) is 1. The first-order valence-corrected chi connectivity index (χ1v) is 16.2. The predicted molar refractivity (Wildman–Crippen MR) is 162 cm³/mol. The molecule has 1 unspecified atom stereocenters. The molecule has 7 nitrogen and oxygen atoms in total. The average molecular weight is 701 g/mol. The van der Waals surface area contributed by atoms with Crippen molar-refractivity contribution in [3.63, 3.8) is 0 Å². The number of alkyl halides is 3. The highest BCUT2D eigenvalue weighted by Crippen LogP contribution is 2.37. The largest absolute Gasteiger partial charge is 0.416 e. The van der Waals surface area contributed by atoms with Gasteiger partial charge in [0.15, 0.2) is 0 Å². The first-order chi connectivity index (χ1) is 20.3. The van der Waals surface area contributed by atoms with Crippen LogP contribution in [0.3, 0.4) is 0 Å². The van der Waals surface area contributed by atoms with Gasteiger partial charge in [-0.3, -0.25) is 13.9 Å². The molecular weight excluding hydrogens is 671 g/mol. The van der Waals surface area contributed by atoms with Gasteiger partial charge in [-0.15, -0.1) is 0 Å². The lowest BCUT2D eigenvalue weighted by molar-refractivity contribution is -0.139. The summed E-state index contributed by atoms with van der Waals surface area (Å²) in [6.07, 6.45) is -1.22. The highest BCUT2D eigenvalue weighted by Gasteiger charge is 2.36. The Morgan fingerprint density at radius 2 is 1.70 bits per heavy atom. The molecule has 0 bridgehead atoms. The van der Waals surface area contributed by atoms with E-state index in [0.29, 0.717) is 15.9 Å². The number of halogens is 5. The van der Waals surface area contributed by atoms with Crippen LogP contribution in [-0.2, 0) is 32.3 Å². The van der Waals surface area contributed by atoms with Crippen molar-refractivity contribution in [1.82, 2.24) is 10.2 Å². The monoisotopic (exact) mass is 699 g/mol. The molecule has 0 saturated heterocycles. The van der Waals surface area contributed by atoms with Gasteiger partial charge in [0.1, 0.15) is 12.6 Å². The number of amides is 2. The van der Waals surface area contributed by atoms with Crippen molar-refractivity contribution < 1.29 is 31.2 Å². The van der Waals surface area contributed by atoms with E-state index in [2.05, 4.69) is 21.2 Å². The topological polar surface area (TPSA) is 86.8 Å². The fourth-order valence-corrected chi connectivity index (χ4v) is 7.08. The highest BCUT2D eigenvalue weighted by atomic mass is 79.9. The van der Waals surface area contributed by atoms with Crippen molar-refractivity contribution in [1.29, 1.82) is 0 Å². The van der Waals surface area contributed by atoms with Crippen molar-refractivity contribution in [2.45, 2.75) is 62.3 Å². The molecule has 0 aliphatic heterocycles. The van der Waals surface area contributed by atoms with Gasteiger partial charge in [-0.1, -0.05) is 70.7 Å². The minimum atomic E-state index is -4.80. The van der Waals surface area contributed by atoms with Gasteiger partial charge in [0.05, 0.1) is 21.2 Å². The number of benzene rings is 3. The first-order valence-electron chi connectivity index (χ1n) is 13.6. The zero-order valence-electron chi connectivity index (χ0n) is 23.2. The van der Waals surface area contributed by atoms with Crippen LogP contribution in [0, 0.1) is 0 Å². The smallest absolute Gasteiger partial charge is 0.352 e. The van der Waals surface area contributed by atoms with Gasteiger partial charge in [0, 0.05) is 17.1 Å². The summed E-state index contributed by atoms with van der Waals surface area (Å²) < 4.78 is 70.1. The van der Waals surface area contributed by atoms with E-state index in [4.69, 9.17) is 11.6 Å². The van der Waals surface area contributed by atoms with Crippen LogP contribution in [0.1, 0.15) is 43.7 Å². The number of anilines is 1. The Balaban J connectivity index is 1.76. The molecular formula is C30H30BrClF3N3O4S. The van der Waals surface area contributed by atoms with Crippen LogP contribution in [0.5, 0.6) is 0 Å². The summed E-state index contributed by atoms with van der Waals surface area (Å²) in [4.78, 5) is 28.3. The summed E-state index contributed by atoms with van der Waals surface area (Å²) in [6, 6.07) is 15.3. The summed E-state index contributed by atoms with van der Waals surface area (Å²) in [7, 11) is -4.59. The molecule has 0 spiro atoms. The molecule has 1 fully saturated rings. The number of rotatable bonds is 10. The quantitative estimate of drug-likeness (QED) is 0.252. The van der Waals surface area contributed by atoms with Crippen LogP contribution >= 0.6 is 27.5 Å². The lowest BCUT2D eigenvalue weighted by Crippen LogP contribution is -2.52. The molecule has 2 amide bonds. The van der Waals surface area contributed by atoms with E-state index in [1.54, 1.807) is 30.3 Å². The first kappa shape index (κ1) is 32.8. The second-order valence-corrected chi connectivity index (χ2v) is 13.5. The molecule has 1 N–H and O–H groups in total. The van der Waals surface area contributed by atoms with Crippen molar-refractivity contribution in [2.75, 3.05) is 10.8 Å². The fraction of sp³-hybridized carbons (Fsp3) is 0.333. The van der Waals surface area contributed by atoms with E-state index < -0.39 is 51.9 Å². The Morgan fingerprint density at radius 3 is 2.33 bits per heavy atom. The molecule has 1 aliphatic carbocycles. The number of hydrogen-bond acceptors (Lipinski definition) is 4. The zero-order chi connectivity index (χ0) is 31.4. The Morgan fingerprint density at radius 1 is 1.02 bits per heavy atom. The molecule has 0 radical (unpaired) electrons. The number of nitrogens with zero attached hydrogens (tertiary/aromatic N) is 2. The molecule has 13 heteroatoms. The maximum Gasteiger partial charge on any atom is 0.416 e. The number of carbonyl (C=O) groups is 2. The SMILES string of the molecule is CC(C(=O)NC1CCCC1)N(Cc1cccc(Br)c1)C(=O)CN(c1cc(C(F)(F)F)ccc1Cl)S(=O)(=O)c1ccccc1. The second kappa shape index (κ2) is 13.7. The molecule has 43 heavy (non-hydrogen) atoms. The molecule has 4 rings (SSSR count). The van der Waals surface area contributed by atoms with E-state index in [1.165, 1.54) is 36.1 Å².